The summed E-state index contributed by atoms with van der Waals surface area (Å²) in [6, 6.07) is 11.9. The summed E-state index contributed by atoms with van der Waals surface area (Å²) in [6.07, 6.45) is 0. The number of hydrogen-bond donors (Lipinski definition) is 2. The fourth-order valence-corrected chi connectivity index (χ4v) is 3.21. The summed E-state index contributed by atoms with van der Waals surface area (Å²) in [5.74, 6) is 0. The number of nitrogens with one attached hydrogen (secondary N) is 2. The zero-order chi connectivity index (χ0) is 14.5. The second kappa shape index (κ2) is 6.57. The average molecular weight is 288 g/mol. The molecule has 0 aliphatic carbocycles. The van der Waals surface area contributed by atoms with Crippen molar-refractivity contribution in [2.45, 2.75) is 33.4 Å². The first-order valence-corrected chi connectivity index (χ1v) is 7.53. The van der Waals surface area contributed by atoms with Crippen molar-refractivity contribution in [3.05, 3.63) is 57.3 Å². The topological polar surface area (TPSA) is 41.1 Å². The van der Waals surface area contributed by atoms with Crippen LogP contribution in [0.5, 0.6) is 0 Å². The Hall–Kier alpha value is -1.81. The third-order valence-corrected chi connectivity index (χ3v) is 4.17. The molecule has 0 aliphatic heterocycles. The van der Waals surface area contributed by atoms with Crippen LogP contribution < -0.4 is 10.6 Å². The van der Waals surface area contributed by atoms with E-state index in [1.807, 2.05) is 37.3 Å². The molecule has 2 amide bonds. The molecule has 1 atom stereocenters. The SMILES string of the molecule is Cc1cc([C@H](C)NC(=O)NCc2ccccc2)c(C)s1. The minimum atomic E-state index is -0.135. The van der Waals surface area contributed by atoms with E-state index in [1.54, 1.807) is 11.3 Å². The Bertz CT molecular complexity index is 577. The molecule has 0 saturated heterocycles. The summed E-state index contributed by atoms with van der Waals surface area (Å²) in [4.78, 5) is 14.4. The molecule has 106 valence electrons. The van der Waals surface area contributed by atoms with Gasteiger partial charge < -0.3 is 10.6 Å². The Morgan fingerprint density at radius 2 is 1.95 bits per heavy atom. The lowest BCUT2D eigenvalue weighted by atomic mass is 10.1. The van der Waals surface area contributed by atoms with Crippen LogP contribution in [0.3, 0.4) is 0 Å². The first-order valence-electron chi connectivity index (χ1n) is 6.71. The largest absolute Gasteiger partial charge is 0.334 e. The van der Waals surface area contributed by atoms with Gasteiger partial charge in [-0.1, -0.05) is 30.3 Å². The fraction of sp³-hybridized carbons (Fsp3) is 0.312. The Kier molecular flexibility index (Phi) is 4.79. The molecule has 2 N–H and O–H groups in total. The summed E-state index contributed by atoms with van der Waals surface area (Å²) in [5, 5.41) is 5.86. The zero-order valence-electron chi connectivity index (χ0n) is 12.1. The molecule has 0 bridgehead atoms. The number of thiophene rings is 1. The Balaban J connectivity index is 1.87. The maximum absolute atomic E-state index is 11.9. The first-order chi connectivity index (χ1) is 9.56. The number of hydrogen-bond acceptors (Lipinski definition) is 2. The van der Waals surface area contributed by atoms with E-state index in [2.05, 4.69) is 30.5 Å². The number of amides is 2. The molecule has 0 saturated carbocycles. The molecular weight excluding hydrogens is 268 g/mol. The van der Waals surface area contributed by atoms with Gasteiger partial charge in [-0.15, -0.1) is 11.3 Å². The highest BCUT2D eigenvalue weighted by Gasteiger charge is 2.13. The van der Waals surface area contributed by atoms with Crippen LogP contribution in [0.4, 0.5) is 4.79 Å². The van der Waals surface area contributed by atoms with E-state index in [1.165, 1.54) is 15.3 Å². The number of rotatable bonds is 4. The van der Waals surface area contributed by atoms with E-state index in [0.29, 0.717) is 6.54 Å². The lowest BCUT2D eigenvalue weighted by molar-refractivity contribution is 0.237. The van der Waals surface area contributed by atoms with Crippen LogP contribution in [0.2, 0.25) is 0 Å². The van der Waals surface area contributed by atoms with Gasteiger partial charge in [-0.3, -0.25) is 0 Å². The lowest BCUT2D eigenvalue weighted by Gasteiger charge is -2.14. The summed E-state index contributed by atoms with van der Waals surface area (Å²) in [6.45, 7) is 6.73. The van der Waals surface area contributed by atoms with Crippen molar-refractivity contribution < 1.29 is 4.79 Å². The van der Waals surface area contributed by atoms with E-state index in [0.717, 1.165) is 5.56 Å². The van der Waals surface area contributed by atoms with E-state index in [4.69, 9.17) is 0 Å². The van der Waals surface area contributed by atoms with Crippen molar-refractivity contribution in [3.8, 4) is 0 Å². The quantitative estimate of drug-likeness (QED) is 0.879. The second-order valence-electron chi connectivity index (χ2n) is 4.90. The minimum Gasteiger partial charge on any atom is -0.334 e. The maximum Gasteiger partial charge on any atom is 0.315 e. The van der Waals surface area contributed by atoms with Gasteiger partial charge in [0.25, 0.3) is 0 Å². The number of carbonyl (C=O) groups excluding carboxylic acids is 1. The molecule has 20 heavy (non-hydrogen) atoms. The van der Waals surface area contributed by atoms with Crippen molar-refractivity contribution in [2.75, 3.05) is 0 Å². The van der Waals surface area contributed by atoms with Crippen LogP contribution in [0, 0.1) is 13.8 Å². The Labute approximate surface area is 124 Å². The van der Waals surface area contributed by atoms with Gasteiger partial charge in [-0.05, 0) is 38.0 Å². The predicted molar refractivity (Wildman–Crippen MR) is 84.0 cm³/mol. The standard InChI is InChI=1S/C16H20N2OS/c1-11-9-15(13(3)20-11)12(2)18-16(19)17-10-14-7-5-4-6-8-14/h4-9,12H,10H2,1-3H3,(H2,17,18,19)/t12-/m0/s1. The van der Waals surface area contributed by atoms with E-state index in [9.17, 15) is 4.79 Å². The van der Waals surface area contributed by atoms with Crippen LogP contribution in [0.25, 0.3) is 0 Å². The number of aryl methyl sites for hydroxylation is 2. The lowest BCUT2D eigenvalue weighted by Crippen LogP contribution is -2.36. The molecule has 2 rings (SSSR count). The van der Waals surface area contributed by atoms with Gasteiger partial charge in [0.15, 0.2) is 0 Å². The van der Waals surface area contributed by atoms with Crippen molar-refractivity contribution >= 4 is 17.4 Å². The van der Waals surface area contributed by atoms with Gasteiger partial charge in [-0.25, -0.2) is 4.79 Å². The molecule has 0 fully saturated rings. The smallest absolute Gasteiger partial charge is 0.315 e. The zero-order valence-corrected chi connectivity index (χ0v) is 12.9. The fourth-order valence-electron chi connectivity index (χ4n) is 2.18. The molecule has 2 aromatic rings. The summed E-state index contributed by atoms with van der Waals surface area (Å²) >= 11 is 1.76. The maximum atomic E-state index is 11.9. The highest BCUT2D eigenvalue weighted by atomic mass is 32.1. The van der Waals surface area contributed by atoms with Gasteiger partial charge in [0.2, 0.25) is 0 Å². The van der Waals surface area contributed by atoms with Crippen LogP contribution in [-0.2, 0) is 6.54 Å². The third kappa shape index (κ3) is 3.84. The summed E-state index contributed by atoms with van der Waals surface area (Å²) in [7, 11) is 0. The monoisotopic (exact) mass is 288 g/mol. The average Bonchev–Trinajstić information content (AvgIpc) is 2.77. The highest BCUT2D eigenvalue weighted by Crippen LogP contribution is 2.25. The van der Waals surface area contributed by atoms with Crippen LogP contribution in [-0.4, -0.2) is 6.03 Å². The van der Waals surface area contributed by atoms with Gasteiger partial charge in [-0.2, -0.15) is 0 Å². The van der Waals surface area contributed by atoms with Crippen molar-refractivity contribution in [2.24, 2.45) is 0 Å². The van der Waals surface area contributed by atoms with Gasteiger partial charge in [0.1, 0.15) is 0 Å². The van der Waals surface area contributed by atoms with Gasteiger partial charge in [0.05, 0.1) is 6.04 Å². The molecule has 0 unspecified atom stereocenters. The molecule has 0 radical (unpaired) electrons. The van der Waals surface area contributed by atoms with Crippen LogP contribution >= 0.6 is 11.3 Å². The number of benzene rings is 1. The normalized spacial score (nSPS) is 11.9. The van der Waals surface area contributed by atoms with Crippen LogP contribution in [0.1, 0.15) is 33.8 Å². The minimum absolute atomic E-state index is 0.0238. The molecule has 1 heterocycles. The van der Waals surface area contributed by atoms with E-state index in [-0.39, 0.29) is 12.1 Å². The first kappa shape index (κ1) is 14.6. The molecular formula is C16H20N2OS. The predicted octanol–water partition coefficient (Wildman–Crippen LogP) is 3.93. The van der Waals surface area contributed by atoms with Crippen molar-refractivity contribution in [1.82, 2.24) is 10.6 Å². The van der Waals surface area contributed by atoms with Gasteiger partial charge >= 0.3 is 6.03 Å². The van der Waals surface area contributed by atoms with E-state index < -0.39 is 0 Å². The molecule has 0 spiro atoms. The van der Waals surface area contributed by atoms with Gasteiger partial charge in [0, 0.05) is 16.3 Å². The number of carbonyl (C=O) groups is 1. The highest BCUT2D eigenvalue weighted by molar-refractivity contribution is 7.12. The molecule has 1 aromatic carbocycles. The third-order valence-electron chi connectivity index (χ3n) is 3.19. The summed E-state index contributed by atoms with van der Waals surface area (Å²) in [5.41, 5.74) is 2.29. The van der Waals surface area contributed by atoms with Crippen LogP contribution in [0.15, 0.2) is 36.4 Å². The molecule has 1 aromatic heterocycles. The second-order valence-corrected chi connectivity index (χ2v) is 6.36. The van der Waals surface area contributed by atoms with E-state index >= 15 is 0 Å². The van der Waals surface area contributed by atoms with Crippen molar-refractivity contribution in [3.63, 3.8) is 0 Å². The summed E-state index contributed by atoms with van der Waals surface area (Å²) < 4.78 is 0. The molecule has 0 aliphatic rings. The Morgan fingerprint density at radius 1 is 1.25 bits per heavy atom. The molecule has 3 nitrogen and oxygen atoms in total. The Morgan fingerprint density at radius 3 is 2.55 bits per heavy atom. The van der Waals surface area contributed by atoms with Crippen molar-refractivity contribution in [1.29, 1.82) is 0 Å². The molecule has 4 heteroatoms. The number of urea groups is 1.